The van der Waals surface area contributed by atoms with Crippen molar-refractivity contribution < 1.29 is 4.92 Å². The highest BCUT2D eigenvalue weighted by molar-refractivity contribution is 5.73. The second kappa shape index (κ2) is 4.00. The molecule has 0 radical (unpaired) electrons. The fourth-order valence-electron chi connectivity index (χ4n) is 2.81. The molecule has 1 aliphatic rings. The zero-order valence-electron chi connectivity index (χ0n) is 11.1. The standard InChI is InChI=1S/C14H13N3O3/c1-14(2)6-8-7-15-13(18)16-12(8)10-5-9(17(19)20)3-4-11(10)14/h3-5,7H,6H2,1-2H3,(H,15,16,18). The Morgan fingerprint density at radius 1 is 1.40 bits per heavy atom. The van der Waals surface area contributed by atoms with E-state index in [0.717, 1.165) is 17.5 Å². The summed E-state index contributed by atoms with van der Waals surface area (Å²) in [5.41, 5.74) is 2.68. The number of fused-ring (bicyclic) bond motifs is 3. The minimum Gasteiger partial charge on any atom is -0.305 e. The largest absolute Gasteiger partial charge is 0.345 e. The molecule has 0 aliphatic heterocycles. The van der Waals surface area contributed by atoms with E-state index >= 15 is 0 Å². The van der Waals surface area contributed by atoms with Gasteiger partial charge in [0.25, 0.3) is 5.69 Å². The Kier molecular flexibility index (Phi) is 2.50. The average Bonchev–Trinajstić information content (AvgIpc) is 2.39. The van der Waals surface area contributed by atoms with Crippen molar-refractivity contribution in [2.75, 3.05) is 0 Å². The lowest BCUT2D eigenvalue weighted by molar-refractivity contribution is -0.384. The molecule has 1 aromatic carbocycles. The van der Waals surface area contributed by atoms with Crippen LogP contribution in [0.4, 0.5) is 5.69 Å². The summed E-state index contributed by atoms with van der Waals surface area (Å²) in [5.74, 6) is 0. The van der Waals surface area contributed by atoms with E-state index in [9.17, 15) is 14.9 Å². The van der Waals surface area contributed by atoms with Gasteiger partial charge in [0.15, 0.2) is 0 Å². The Bertz CT molecular complexity index is 777. The minimum absolute atomic E-state index is 0.0186. The predicted molar refractivity (Wildman–Crippen MR) is 73.7 cm³/mol. The van der Waals surface area contributed by atoms with Crippen molar-refractivity contribution in [3.8, 4) is 11.3 Å². The van der Waals surface area contributed by atoms with Gasteiger partial charge in [-0.1, -0.05) is 19.9 Å². The van der Waals surface area contributed by atoms with Gasteiger partial charge in [-0.2, -0.15) is 0 Å². The summed E-state index contributed by atoms with van der Waals surface area (Å²) >= 11 is 0. The predicted octanol–water partition coefficient (Wildman–Crippen LogP) is 2.18. The van der Waals surface area contributed by atoms with E-state index in [-0.39, 0.29) is 11.1 Å². The molecule has 0 unspecified atom stereocenters. The van der Waals surface area contributed by atoms with Gasteiger partial charge in [0, 0.05) is 23.9 Å². The molecule has 102 valence electrons. The third-order valence-corrected chi connectivity index (χ3v) is 3.74. The molecule has 0 fully saturated rings. The van der Waals surface area contributed by atoms with Crippen LogP contribution in [0.2, 0.25) is 0 Å². The molecule has 0 spiro atoms. The van der Waals surface area contributed by atoms with Crippen molar-refractivity contribution in [1.29, 1.82) is 0 Å². The molecule has 0 bridgehead atoms. The second-order valence-electron chi connectivity index (χ2n) is 5.64. The molecule has 0 atom stereocenters. The second-order valence-corrected chi connectivity index (χ2v) is 5.64. The quantitative estimate of drug-likeness (QED) is 0.636. The van der Waals surface area contributed by atoms with Crippen LogP contribution in [0, 0.1) is 10.1 Å². The summed E-state index contributed by atoms with van der Waals surface area (Å²) in [6, 6.07) is 4.80. The molecular weight excluding hydrogens is 258 g/mol. The Balaban J connectivity index is 2.34. The van der Waals surface area contributed by atoms with Gasteiger partial charge in [0.2, 0.25) is 0 Å². The number of benzene rings is 1. The summed E-state index contributed by atoms with van der Waals surface area (Å²) in [6.07, 6.45) is 2.29. The Morgan fingerprint density at radius 2 is 2.15 bits per heavy atom. The van der Waals surface area contributed by atoms with E-state index < -0.39 is 10.6 Å². The van der Waals surface area contributed by atoms with Gasteiger partial charge < -0.3 is 4.98 Å². The number of aromatic nitrogens is 2. The number of nitrogens with zero attached hydrogens (tertiary/aromatic N) is 2. The van der Waals surface area contributed by atoms with E-state index in [1.165, 1.54) is 12.1 Å². The van der Waals surface area contributed by atoms with E-state index in [0.29, 0.717) is 11.3 Å². The van der Waals surface area contributed by atoms with Gasteiger partial charge in [0.1, 0.15) is 0 Å². The maximum atomic E-state index is 11.4. The van der Waals surface area contributed by atoms with Crippen molar-refractivity contribution in [2.45, 2.75) is 25.7 Å². The SMILES string of the molecule is CC1(C)Cc2cnc(=O)[nH]c2-c2cc([N+](=O)[O-])ccc21. The first-order valence-corrected chi connectivity index (χ1v) is 6.26. The molecule has 20 heavy (non-hydrogen) atoms. The molecule has 0 saturated carbocycles. The zero-order chi connectivity index (χ0) is 14.5. The molecule has 1 aliphatic carbocycles. The van der Waals surface area contributed by atoms with Crippen LogP contribution in [-0.2, 0) is 11.8 Å². The summed E-state index contributed by atoms with van der Waals surface area (Å²) in [5, 5.41) is 10.9. The van der Waals surface area contributed by atoms with Crippen LogP contribution in [0.15, 0.2) is 29.2 Å². The van der Waals surface area contributed by atoms with Gasteiger partial charge >= 0.3 is 5.69 Å². The first kappa shape index (κ1) is 12.5. The number of non-ortho nitro benzene ring substituents is 1. The highest BCUT2D eigenvalue weighted by Crippen LogP contribution is 2.42. The monoisotopic (exact) mass is 271 g/mol. The smallest absolute Gasteiger partial charge is 0.305 e. The van der Waals surface area contributed by atoms with Crippen molar-refractivity contribution in [2.24, 2.45) is 0 Å². The Labute approximate surface area is 114 Å². The van der Waals surface area contributed by atoms with Gasteiger partial charge in [-0.3, -0.25) is 10.1 Å². The Morgan fingerprint density at radius 3 is 2.85 bits per heavy atom. The lowest BCUT2D eigenvalue weighted by Crippen LogP contribution is -2.28. The van der Waals surface area contributed by atoms with E-state index in [4.69, 9.17) is 0 Å². The molecule has 1 heterocycles. The maximum absolute atomic E-state index is 11.4. The number of hydrogen-bond donors (Lipinski definition) is 1. The van der Waals surface area contributed by atoms with Gasteiger partial charge in [-0.15, -0.1) is 0 Å². The van der Waals surface area contributed by atoms with Crippen LogP contribution < -0.4 is 5.69 Å². The molecule has 3 rings (SSSR count). The van der Waals surface area contributed by atoms with Crippen LogP contribution in [0.5, 0.6) is 0 Å². The van der Waals surface area contributed by atoms with Crippen molar-refractivity contribution in [3.63, 3.8) is 0 Å². The topological polar surface area (TPSA) is 88.9 Å². The summed E-state index contributed by atoms with van der Waals surface area (Å²) in [4.78, 5) is 28.4. The highest BCUT2D eigenvalue weighted by Gasteiger charge is 2.32. The van der Waals surface area contributed by atoms with Crippen molar-refractivity contribution in [1.82, 2.24) is 9.97 Å². The first-order valence-electron chi connectivity index (χ1n) is 6.26. The number of hydrogen-bond acceptors (Lipinski definition) is 4. The third kappa shape index (κ3) is 1.80. The van der Waals surface area contributed by atoms with Crippen LogP contribution >= 0.6 is 0 Å². The third-order valence-electron chi connectivity index (χ3n) is 3.74. The molecule has 1 aromatic heterocycles. The Hall–Kier alpha value is -2.50. The lowest BCUT2D eigenvalue weighted by atomic mass is 9.72. The number of nitro groups is 1. The number of rotatable bonds is 1. The average molecular weight is 271 g/mol. The number of aromatic amines is 1. The number of nitrogens with one attached hydrogen (secondary N) is 1. The van der Waals surface area contributed by atoms with Crippen LogP contribution in [0.25, 0.3) is 11.3 Å². The summed E-state index contributed by atoms with van der Waals surface area (Å²) in [6.45, 7) is 4.15. The van der Waals surface area contributed by atoms with Gasteiger partial charge in [0.05, 0.1) is 10.6 Å². The van der Waals surface area contributed by atoms with E-state index in [2.05, 4.69) is 23.8 Å². The molecule has 0 saturated heterocycles. The number of nitro benzene ring substituents is 1. The zero-order valence-corrected chi connectivity index (χ0v) is 11.1. The molecule has 1 N–H and O–H groups in total. The lowest BCUT2D eigenvalue weighted by Gasteiger charge is -2.33. The molecule has 6 nitrogen and oxygen atoms in total. The molecule has 2 aromatic rings. The summed E-state index contributed by atoms with van der Waals surface area (Å²) in [7, 11) is 0. The van der Waals surface area contributed by atoms with Gasteiger partial charge in [-0.05, 0) is 23.0 Å². The molecule has 0 amide bonds. The minimum atomic E-state index is -0.444. The van der Waals surface area contributed by atoms with Crippen molar-refractivity contribution >= 4 is 5.69 Å². The molecule has 6 heteroatoms. The first-order chi connectivity index (χ1) is 9.38. The maximum Gasteiger partial charge on any atom is 0.345 e. The fourth-order valence-corrected chi connectivity index (χ4v) is 2.81. The highest BCUT2D eigenvalue weighted by atomic mass is 16.6. The summed E-state index contributed by atoms with van der Waals surface area (Å²) < 4.78 is 0. The van der Waals surface area contributed by atoms with Crippen LogP contribution in [-0.4, -0.2) is 14.9 Å². The van der Waals surface area contributed by atoms with E-state index in [1.807, 2.05) is 0 Å². The normalized spacial score (nSPS) is 15.3. The fraction of sp³-hybridized carbons (Fsp3) is 0.286. The van der Waals surface area contributed by atoms with E-state index in [1.54, 1.807) is 12.3 Å². The van der Waals surface area contributed by atoms with Crippen LogP contribution in [0.3, 0.4) is 0 Å². The molecular formula is C14H13N3O3. The number of H-pyrrole nitrogens is 1. The van der Waals surface area contributed by atoms with Gasteiger partial charge in [-0.25, -0.2) is 9.78 Å². The van der Waals surface area contributed by atoms with Crippen molar-refractivity contribution in [3.05, 3.63) is 56.1 Å². The van der Waals surface area contributed by atoms with Crippen LogP contribution in [0.1, 0.15) is 25.0 Å².